The van der Waals surface area contributed by atoms with Gasteiger partial charge in [-0.15, -0.1) is 0 Å². The number of hydrogen-bond acceptors (Lipinski definition) is 1. The Labute approximate surface area is 119 Å². The van der Waals surface area contributed by atoms with Gasteiger partial charge in [0.05, 0.1) is 7.11 Å². The molecule has 0 aliphatic rings. The topological polar surface area (TPSA) is 9.23 Å². The molecule has 20 heavy (non-hydrogen) atoms. The lowest BCUT2D eigenvalue weighted by Crippen LogP contribution is -1.91. The van der Waals surface area contributed by atoms with Gasteiger partial charge in [-0.3, -0.25) is 0 Å². The van der Waals surface area contributed by atoms with Crippen LogP contribution < -0.4 is 4.74 Å². The van der Waals surface area contributed by atoms with Crippen molar-refractivity contribution in [3.63, 3.8) is 0 Å². The van der Waals surface area contributed by atoms with E-state index in [0.29, 0.717) is 0 Å². The minimum absolute atomic E-state index is 0.969. The SMILES string of the molecule is CCc1cc(-c2ccc3ccccc3c2)ccc1OC. The quantitative estimate of drug-likeness (QED) is 0.639. The molecule has 100 valence electrons. The predicted octanol–water partition coefficient (Wildman–Crippen LogP) is 5.08. The van der Waals surface area contributed by atoms with E-state index in [9.17, 15) is 0 Å². The molecule has 0 unspecified atom stereocenters. The van der Waals surface area contributed by atoms with E-state index < -0.39 is 0 Å². The van der Waals surface area contributed by atoms with Crippen LogP contribution in [0.4, 0.5) is 0 Å². The maximum absolute atomic E-state index is 5.40. The molecular weight excluding hydrogens is 244 g/mol. The first-order valence-electron chi connectivity index (χ1n) is 6.98. The molecule has 0 atom stereocenters. The second-order valence-corrected chi connectivity index (χ2v) is 4.94. The Balaban J connectivity index is 2.10. The van der Waals surface area contributed by atoms with Crippen molar-refractivity contribution < 1.29 is 4.74 Å². The Morgan fingerprint density at radius 3 is 2.25 bits per heavy atom. The summed E-state index contributed by atoms with van der Waals surface area (Å²) in [6, 6.07) is 21.5. The minimum Gasteiger partial charge on any atom is -0.496 e. The molecule has 1 nitrogen and oxygen atoms in total. The van der Waals surface area contributed by atoms with Crippen molar-refractivity contribution in [2.24, 2.45) is 0 Å². The predicted molar refractivity (Wildman–Crippen MR) is 85.3 cm³/mol. The van der Waals surface area contributed by atoms with Gasteiger partial charge in [0.2, 0.25) is 0 Å². The molecule has 3 aromatic rings. The third kappa shape index (κ3) is 2.27. The maximum atomic E-state index is 5.40. The van der Waals surface area contributed by atoms with Gasteiger partial charge in [0, 0.05) is 0 Å². The van der Waals surface area contributed by atoms with Crippen LogP contribution in [0.5, 0.6) is 5.75 Å². The van der Waals surface area contributed by atoms with Crippen molar-refractivity contribution in [2.45, 2.75) is 13.3 Å². The molecule has 0 aliphatic heterocycles. The van der Waals surface area contributed by atoms with Crippen molar-refractivity contribution >= 4 is 10.8 Å². The molecule has 1 heteroatoms. The van der Waals surface area contributed by atoms with Gasteiger partial charge in [-0.05, 0) is 52.1 Å². The summed E-state index contributed by atoms with van der Waals surface area (Å²) in [6.45, 7) is 2.15. The monoisotopic (exact) mass is 262 g/mol. The van der Waals surface area contributed by atoms with E-state index in [1.807, 2.05) is 0 Å². The number of rotatable bonds is 3. The molecule has 0 amide bonds. The van der Waals surface area contributed by atoms with Crippen LogP contribution in [0.1, 0.15) is 12.5 Å². The van der Waals surface area contributed by atoms with Gasteiger partial charge in [0.15, 0.2) is 0 Å². The van der Waals surface area contributed by atoms with E-state index in [1.165, 1.54) is 27.5 Å². The fourth-order valence-electron chi connectivity index (χ4n) is 2.60. The standard InChI is InChI=1S/C19H18O/c1-3-14-12-18(10-11-19(14)20-2)17-9-8-15-6-4-5-7-16(15)13-17/h4-13H,3H2,1-2H3. The largest absolute Gasteiger partial charge is 0.496 e. The number of fused-ring (bicyclic) bond motifs is 1. The lowest BCUT2D eigenvalue weighted by Gasteiger charge is -2.10. The molecule has 0 saturated carbocycles. The summed E-state index contributed by atoms with van der Waals surface area (Å²) in [7, 11) is 1.73. The molecule has 0 bridgehead atoms. The van der Waals surface area contributed by atoms with Crippen molar-refractivity contribution in [1.82, 2.24) is 0 Å². The summed E-state index contributed by atoms with van der Waals surface area (Å²) in [6.07, 6.45) is 0.977. The zero-order valence-electron chi connectivity index (χ0n) is 11.9. The van der Waals surface area contributed by atoms with Gasteiger partial charge < -0.3 is 4.74 Å². The third-order valence-electron chi connectivity index (χ3n) is 3.74. The first-order chi connectivity index (χ1) is 9.81. The number of benzene rings is 3. The Kier molecular flexibility index (Phi) is 3.42. The van der Waals surface area contributed by atoms with Crippen molar-refractivity contribution in [3.05, 3.63) is 66.2 Å². The Morgan fingerprint density at radius 2 is 1.50 bits per heavy atom. The summed E-state index contributed by atoms with van der Waals surface area (Å²) in [5.74, 6) is 0.969. The number of hydrogen-bond donors (Lipinski definition) is 0. The van der Waals surface area contributed by atoms with E-state index in [1.54, 1.807) is 7.11 Å². The van der Waals surface area contributed by atoms with E-state index in [-0.39, 0.29) is 0 Å². The zero-order chi connectivity index (χ0) is 13.9. The highest BCUT2D eigenvalue weighted by atomic mass is 16.5. The number of aryl methyl sites for hydroxylation is 1. The molecule has 0 aromatic heterocycles. The van der Waals surface area contributed by atoms with Gasteiger partial charge in [-0.1, -0.05) is 49.4 Å². The molecule has 0 heterocycles. The van der Waals surface area contributed by atoms with Gasteiger partial charge >= 0.3 is 0 Å². The van der Waals surface area contributed by atoms with E-state index in [4.69, 9.17) is 4.74 Å². The van der Waals surface area contributed by atoms with Crippen LogP contribution in [-0.4, -0.2) is 7.11 Å². The van der Waals surface area contributed by atoms with Crippen LogP contribution in [0.2, 0.25) is 0 Å². The second-order valence-electron chi connectivity index (χ2n) is 4.94. The maximum Gasteiger partial charge on any atom is 0.122 e. The fourth-order valence-corrected chi connectivity index (χ4v) is 2.60. The smallest absolute Gasteiger partial charge is 0.122 e. The summed E-state index contributed by atoms with van der Waals surface area (Å²) in [5, 5.41) is 2.55. The van der Waals surface area contributed by atoms with Gasteiger partial charge in [-0.25, -0.2) is 0 Å². The van der Waals surface area contributed by atoms with E-state index in [0.717, 1.165) is 12.2 Å². The highest BCUT2D eigenvalue weighted by Gasteiger charge is 2.05. The number of methoxy groups -OCH3 is 1. The van der Waals surface area contributed by atoms with Crippen LogP contribution in [0.15, 0.2) is 60.7 Å². The van der Waals surface area contributed by atoms with Crippen molar-refractivity contribution in [2.75, 3.05) is 7.11 Å². The van der Waals surface area contributed by atoms with E-state index in [2.05, 4.69) is 67.6 Å². The Bertz CT molecular complexity index is 744. The van der Waals surface area contributed by atoms with E-state index >= 15 is 0 Å². The molecule has 3 aromatic carbocycles. The van der Waals surface area contributed by atoms with Gasteiger partial charge in [-0.2, -0.15) is 0 Å². The normalized spacial score (nSPS) is 10.7. The Morgan fingerprint density at radius 1 is 0.800 bits per heavy atom. The molecule has 3 rings (SSSR count). The third-order valence-corrected chi connectivity index (χ3v) is 3.74. The van der Waals surface area contributed by atoms with Gasteiger partial charge in [0.1, 0.15) is 5.75 Å². The lowest BCUT2D eigenvalue weighted by atomic mass is 9.98. The molecule has 0 saturated heterocycles. The van der Waals surface area contributed by atoms with Crippen LogP contribution in [0.25, 0.3) is 21.9 Å². The fraction of sp³-hybridized carbons (Fsp3) is 0.158. The molecule has 0 fully saturated rings. The van der Waals surface area contributed by atoms with Crippen molar-refractivity contribution in [1.29, 1.82) is 0 Å². The minimum atomic E-state index is 0.969. The average Bonchev–Trinajstić information content (AvgIpc) is 2.53. The molecule has 0 radical (unpaired) electrons. The molecule has 0 aliphatic carbocycles. The molecule has 0 N–H and O–H groups in total. The highest BCUT2D eigenvalue weighted by molar-refractivity contribution is 5.87. The summed E-state index contributed by atoms with van der Waals surface area (Å²) >= 11 is 0. The van der Waals surface area contributed by atoms with Crippen LogP contribution in [-0.2, 0) is 6.42 Å². The second kappa shape index (κ2) is 5.38. The molecule has 0 spiro atoms. The van der Waals surface area contributed by atoms with Crippen LogP contribution in [0.3, 0.4) is 0 Å². The molecular formula is C19H18O. The Hall–Kier alpha value is -2.28. The van der Waals surface area contributed by atoms with Crippen molar-refractivity contribution in [3.8, 4) is 16.9 Å². The lowest BCUT2D eigenvalue weighted by molar-refractivity contribution is 0.410. The van der Waals surface area contributed by atoms with Gasteiger partial charge in [0.25, 0.3) is 0 Å². The van der Waals surface area contributed by atoms with Crippen LogP contribution in [0, 0.1) is 0 Å². The highest BCUT2D eigenvalue weighted by Crippen LogP contribution is 2.29. The van der Waals surface area contributed by atoms with Crippen LogP contribution >= 0.6 is 0 Å². The summed E-state index contributed by atoms with van der Waals surface area (Å²) in [5.41, 5.74) is 3.74. The summed E-state index contributed by atoms with van der Waals surface area (Å²) < 4.78 is 5.40. The first kappa shape index (κ1) is 12.7. The zero-order valence-corrected chi connectivity index (χ0v) is 11.9. The average molecular weight is 262 g/mol. The summed E-state index contributed by atoms with van der Waals surface area (Å²) in [4.78, 5) is 0. The number of ether oxygens (including phenoxy) is 1. The first-order valence-corrected chi connectivity index (χ1v) is 6.98.